The third-order valence-corrected chi connectivity index (χ3v) is 13.8. The maximum absolute atomic E-state index is 14.8. The predicted octanol–water partition coefficient (Wildman–Crippen LogP) is 11.1. The molecule has 3 aliphatic rings. The third-order valence-electron chi connectivity index (χ3n) is 12.5. The number of thioether (sulfide) groups is 1. The average Bonchev–Trinajstić information content (AvgIpc) is 3.30. The molecule has 63 heavy (non-hydrogen) atoms. The quantitative estimate of drug-likeness (QED) is 0.0339. The molecule has 2 aliphatic carbocycles. The first-order chi connectivity index (χ1) is 30.8. The lowest BCUT2D eigenvalue weighted by atomic mass is 9.56. The number of hydrogen-bond acceptors (Lipinski definition) is 10. The van der Waals surface area contributed by atoms with Gasteiger partial charge in [0, 0.05) is 53.7 Å². The molecule has 0 amide bonds. The molecule has 0 saturated heterocycles. The van der Waals surface area contributed by atoms with Gasteiger partial charge in [-0.2, -0.15) is 0 Å². The number of fused-ring (bicyclic) bond motifs is 3. The smallest absolute Gasteiger partial charge is 0.269 e. The van der Waals surface area contributed by atoms with Crippen LogP contribution in [0, 0.1) is 33.7 Å². The number of aliphatic hydroxyl groups is 2. The van der Waals surface area contributed by atoms with Crippen LogP contribution in [0.4, 0.5) is 10.1 Å². The number of rotatable bonds is 20. The van der Waals surface area contributed by atoms with Gasteiger partial charge >= 0.3 is 0 Å². The van der Waals surface area contributed by atoms with Crippen LogP contribution in [0.3, 0.4) is 0 Å². The lowest BCUT2D eigenvalue weighted by Crippen LogP contribution is -2.64. The number of aliphatic hydroxyl groups excluding tert-OH is 2. The van der Waals surface area contributed by atoms with Crippen LogP contribution in [-0.2, 0) is 22.8 Å². The summed E-state index contributed by atoms with van der Waals surface area (Å²) in [5, 5.41) is 38.0. The molecule has 1 fully saturated rings. The molecule has 0 aromatic heterocycles. The van der Waals surface area contributed by atoms with Crippen molar-refractivity contribution in [3.05, 3.63) is 166 Å². The summed E-state index contributed by atoms with van der Waals surface area (Å²) in [5.41, 5.74) is 3.89. The molecular formula is C51H53FN2O8S. The molecule has 12 heteroatoms. The van der Waals surface area contributed by atoms with E-state index in [1.165, 1.54) is 18.2 Å². The molecule has 10 nitrogen and oxygen atoms in total. The SMILES string of the molecule is C=CCOC12Oc3ccc(OCc4ccccc4F)cc3C3C(CCCCO)C(CCCCO)C=C(C(=NOCc4ccc([N+](=O)[O-])cc4)CC1Sc1ccc4ccccc4c1)C32. The number of halogens is 1. The molecule has 0 bridgehead atoms. The Balaban J connectivity index is 1.27. The van der Waals surface area contributed by atoms with E-state index in [0.717, 1.165) is 63.8 Å². The topological polar surface area (TPSA) is 133 Å². The minimum atomic E-state index is -1.20. The van der Waals surface area contributed by atoms with Crippen molar-refractivity contribution in [2.45, 2.75) is 80.0 Å². The van der Waals surface area contributed by atoms with Crippen molar-refractivity contribution in [1.29, 1.82) is 0 Å². The summed E-state index contributed by atoms with van der Waals surface area (Å²) in [6.45, 7) is 4.62. The zero-order valence-electron chi connectivity index (χ0n) is 35.2. The number of allylic oxidation sites excluding steroid dienone is 1. The minimum absolute atomic E-state index is 0.000632. The largest absolute Gasteiger partial charge is 0.489 e. The summed E-state index contributed by atoms with van der Waals surface area (Å²) >= 11 is 1.68. The second-order valence-corrected chi connectivity index (χ2v) is 17.7. The fourth-order valence-electron chi connectivity index (χ4n) is 9.59. The van der Waals surface area contributed by atoms with E-state index in [9.17, 15) is 24.7 Å². The molecule has 6 unspecified atom stereocenters. The molecule has 8 rings (SSSR count). The van der Waals surface area contributed by atoms with Gasteiger partial charge in [0.1, 0.15) is 30.5 Å². The van der Waals surface area contributed by atoms with Crippen LogP contribution in [0.5, 0.6) is 11.5 Å². The Hall–Kier alpha value is -5.53. The number of unbranched alkanes of at least 4 members (excludes halogenated alkanes) is 2. The monoisotopic (exact) mass is 872 g/mol. The second-order valence-electron chi connectivity index (χ2n) is 16.4. The highest BCUT2D eigenvalue weighted by atomic mass is 32.2. The molecule has 5 aromatic carbocycles. The highest BCUT2D eigenvalue weighted by molar-refractivity contribution is 8.00. The Morgan fingerprint density at radius 3 is 2.43 bits per heavy atom. The van der Waals surface area contributed by atoms with Crippen LogP contribution in [0.15, 0.2) is 144 Å². The van der Waals surface area contributed by atoms with Gasteiger partial charge in [-0.25, -0.2) is 4.39 Å². The summed E-state index contributed by atoms with van der Waals surface area (Å²) < 4.78 is 35.5. The Morgan fingerprint density at radius 2 is 1.67 bits per heavy atom. The van der Waals surface area contributed by atoms with Gasteiger partial charge in [0.25, 0.3) is 5.69 Å². The van der Waals surface area contributed by atoms with Crippen molar-refractivity contribution in [2.75, 3.05) is 19.8 Å². The fraction of sp³-hybridized carbons (Fsp3) is 0.353. The van der Waals surface area contributed by atoms with Gasteiger partial charge in [0.2, 0.25) is 5.79 Å². The van der Waals surface area contributed by atoms with Gasteiger partial charge < -0.3 is 29.3 Å². The highest BCUT2D eigenvalue weighted by Gasteiger charge is 2.64. The van der Waals surface area contributed by atoms with Crippen LogP contribution in [0.2, 0.25) is 0 Å². The van der Waals surface area contributed by atoms with Crippen LogP contribution >= 0.6 is 11.8 Å². The molecule has 0 spiro atoms. The van der Waals surface area contributed by atoms with Gasteiger partial charge in [-0.1, -0.05) is 78.7 Å². The standard InChI is InChI=1S/C51H53FN2O8S/c1-2-27-60-51-48(63-41-23-19-35-11-3-4-12-36(35)28-41)31-46(53-61-32-34-17-20-39(21-18-34)54(57)58)43-29-37(13-7-9-25-55)42(15-8-10-26-56)49(50(43)51)44-30-40(22-24-47(44)62-51)59-33-38-14-5-6-16-45(38)52/h2-6,11-12,14,16-24,28-30,37,42,48-50,55-56H,1,7-10,13,15,25-27,31-33H2. The summed E-state index contributed by atoms with van der Waals surface area (Å²) in [6.07, 6.45) is 9.11. The summed E-state index contributed by atoms with van der Waals surface area (Å²) in [5.74, 6) is -0.679. The van der Waals surface area contributed by atoms with Crippen LogP contribution < -0.4 is 9.47 Å². The molecule has 2 N–H and O–H groups in total. The van der Waals surface area contributed by atoms with E-state index in [-0.39, 0.29) is 73.5 Å². The zero-order chi connectivity index (χ0) is 43.8. The van der Waals surface area contributed by atoms with Gasteiger partial charge in [0.05, 0.1) is 28.4 Å². The normalized spacial score (nSPS) is 23.0. The number of benzene rings is 5. The van der Waals surface area contributed by atoms with Crippen molar-refractivity contribution in [3.8, 4) is 11.5 Å². The van der Waals surface area contributed by atoms with Crippen molar-refractivity contribution in [3.63, 3.8) is 0 Å². The fourth-order valence-corrected chi connectivity index (χ4v) is 10.9. The maximum atomic E-state index is 14.8. The lowest BCUT2D eigenvalue weighted by molar-refractivity contribution is -0.384. The zero-order valence-corrected chi connectivity index (χ0v) is 36.0. The van der Waals surface area contributed by atoms with Gasteiger partial charge in [-0.05, 0) is 108 Å². The van der Waals surface area contributed by atoms with Crippen molar-refractivity contribution in [2.24, 2.45) is 22.9 Å². The molecule has 6 atom stereocenters. The number of nitro benzene ring substituents is 1. The van der Waals surface area contributed by atoms with E-state index < -0.39 is 10.7 Å². The first kappa shape index (κ1) is 44.1. The lowest BCUT2D eigenvalue weighted by Gasteiger charge is -2.58. The van der Waals surface area contributed by atoms with Crippen molar-refractivity contribution >= 4 is 33.9 Å². The molecule has 1 saturated carbocycles. The number of nitrogens with zero attached hydrogens (tertiary/aromatic N) is 2. The Kier molecular flexibility index (Phi) is 14.2. The van der Waals surface area contributed by atoms with Crippen molar-refractivity contribution < 1.29 is 38.6 Å². The Morgan fingerprint density at radius 1 is 0.905 bits per heavy atom. The third kappa shape index (κ3) is 9.69. The van der Waals surface area contributed by atoms with E-state index in [1.807, 2.05) is 30.3 Å². The van der Waals surface area contributed by atoms with Crippen molar-refractivity contribution in [1.82, 2.24) is 0 Å². The van der Waals surface area contributed by atoms with Crippen LogP contribution in [-0.4, -0.2) is 51.7 Å². The molecule has 328 valence electrons. The average molecular weight is 873 g/mol. The Bertz CT molecular complexity index is 2460. The van der Waals surface area contributed by atoms with E-state index in [4.69, 9.17) is 24.2 Å². The molecule has 5 aromatic rings. The Labute approximate surface area is 371 Å². The number of hydrogen-bond donors (Lipinski definition) is 2. The maximum Gasteiger partial charge on any atom is 0.269 e. The van der Waals surface area contributed by atoms with E-state index in [1.54, 1.807) is 48.2 Å². The van der Waals surface area contributed by atoms with E-state index in [2.05, 4.69) is 43.0 Å². The summed E-state index contributed by atoms with van der Waals surface area (Å²) in [7, 11) is 0. The summed E-state index contributed by atoms with van der Waals surface area (Å²) in [6, 6.07) is 33.4. The van der Waals surface area contributed by atoms with E-state index in [0.29, 0.717) is 36.3 Å². The van der Waals surface area contributed by atoms with Gasteiger partial charge in [-0.15, -0.1) is 18.3 Å². The van der Waals surface area contributed by atoms with Gasteiger partial charge in [0.15, 0.2) is 0 Å². The molecule has 1 heterocycles. The predicted molar refractivity (Wildman–Crippen MR) is 243 cm³/mol. The molecule has 0 radical (unpaired) electrons. The van der Waals surface area contributed by atoms with E-state index >= 15 is 0 Å². The van der Waals surface area contributed by atoms with Gasteiger partial charge in [-0.3, -0.25) is 10.1 Å². The molecular weight excluding hydrogens is 820 g/mol. The first-order valence-corrected chi connectivity index (χ1v) is 22.6. The summed E-state index contributed by atoms with van der Waals surface area (Å²) in [4.78, 5) is 18.1. The second kappa shape index (κ2) is 20.3. The number of ether oxygens (including phenoxy) is 3. The highest BCUT2D eigenvalue weighted by Crippen LogP contribution is 2.63. The number of nitro groups is 1. The molecule has 1 aliphatic heterocycles. The number of non-ortho nitro benzene ring substituents is 1. The van der Waals surface area contributed by atoms with Crippen LogP contribution in [0.1, 0.15) is 67.6 Å². The first-order valence-electron chi connectivity index (χ1n) is 21.8. The van der Waals surface area contributed by atoms with Crippen LogP contribution in [0.25, 0.3) is 10.8 Å². The minimum Gasteiger partial charge on any atom is -0.489 e. The number of oxime groups is 1.